The molecule has 0 heterocycles. The predicted octanol–water partition coefficient (Wildman–Crippen LogP) is 4.77. The molecule has 26 heavy (non-hydrogen) atoms. The first kappa shape index (κ1) is 15.8. The van der Waals surface area contributed by atoms with Gasteiger partial charge in [0.15, 0.2) is 5.78 Å². The zero-order valence-electron chi connectivity index (χ0n) is 13.7. The third-order valence-corrected chi connectivity index (χ3v) is 4.31. The molecule has 1 aliphatic rings. The van der Waals surface area contributed by atoms with Gasteiger partial charge in [0.1, 0.15) is 0 Å². The number of nitrogens with zero attached hydrogens (tertiary/aromatic N) is 1. The zero-order chi connectivity index (χ0) is 18.1. The van der Waals surface area contributed by atoms with Crippen molar-refractivity contribution in [2.45, 2.75) is 0 Å². The number of non-ortho nitro benzene ring substituents is 1. The number of Topliss-reactive ketones (excluding diaryl/α,β-unsaturated/α-hetero) is 1. The lowest BCUT2D eigenvalue weighted by Gasteiger charge is -2.11. The number of allylic oxidation sites excluding steroid dienone is 1. The fourth-order valence-electron chi connectivity index (χ4n) is 3.13. The molecular weight excluding hydrogens is 328 g/mol. The summed E-state index contributed by atoms with van der Waals surface area (Å²) in [4.78, 5) is 23.6. The van der Waals surface area contributed by atoms with E-state index in [0.29, 0.717) is 22.5 Å². The number of fused-ring (bicyclic) bond motifs is 1. The lowest BCUT2D eigenvalue weighted by molar-refractivity contribution is -0.384. The number of carbonyl (C=O) groups is 1. The van der Waals surface area contributed by atoms with Crippen molar-refractivity contribution in [1.82, 2.24) is 0 Å². The molecule has 3 aromatic carbocycles. The molecule has 5 heteroatoms. The zero-order valence-corrected chi connectivity index (χ0v) is 13.7. The maximum absolute atomic E-state index is 13.0. The molecule has 1 aliphatic carbocycles. The molecule has 0 fully saturated rings. The Morgan fingerprint density at radius 1 is 0.808 bits per heavy atom. The van der Waals surface area contributed by atoms with Gasteiger partial charge in [0, 0.05) is 28.9 Å². The maximum atomic E-state index is 13.0. The van der Waals surface area contributed by atoms with E-state index in [2.05, 4.69) is 5.32 Å². The Bertz CT molecular complexity index is 1060. The quantitative estimate of drug-likeness (QED) is 0.547. The molecule has 0 radical (unpaired) electrons. The maximum Gasteiger partial charge on any atom is 0.271 e. The number of hydrogen-bond acceptors (Lipinski definition) is 4. The molecule has 0 unspecified atom stereocenters. The largest absolute Gasteiger partial charge is 0.354 e. The predicted molar refractivity (Wildman–Crippen MR) is 101 cm³/mol. The Kier molecular flexibility index (Phi) is 3.82. The highest BCUT2D eigenvalue weighted by atomic mass is 16.6. The van der Waals surface area contributed by atoms with E-state index < -0.39 is 4.92 Å². The number of anilines is 1. The minimum atomic E-state index is -0.439. The highest BCUT2D eigenvalue weighted by molar-refractivity contribution is 6.40. The normalized spacial score (nSPS) is 12.8. The summed E-state index contributed by atoms with van der Waals surface area (Å²) in [5.74, 6) is -0.0558. The van der Waals surface area contributed by atoms with Crippen LogP contribution in [0.25, 0.3) is 11.3 Å². The Morgan fingerprint density at radius 3 is 2.23 bits per heavy atom. The first-order valence-electron chi connectivity index (χ1n) is 8.10. The summed E-state index contributed by atoms with van der Waals surface area (Å²) in [5.41, 5.74) is 4.01. The van der Waals surface area contributed by atoms with Gasteiger partial charge >= 0.3 is 0 Å². The molecule has 0 spiro atoms. The van der Waals surface area contributed by atoms with Gasteiger partial charge < -0.3 is 5.32 Å². The Labute approximate surface area is 149 Å². The Balaban J connectivity index is 1.86. The monoisotopic (exact) mass is 342 g/mol. The van der Waals surface area contributed by atoms with Gasteiger partial charge in [-0.15, -0.1) is 0 Å². The van der Waals surface area contributed by atoms with Crippen molar-refractivity contribution in [1.29, 1.82) is 0 Å². The van der Waals surface area contributed by atoms with E-state index >= 15 is 0 Å². The molecule has 0 saturated heterocycles. The molecule has 5 nitrogen and oxygen atoms in total. The van der Waals surface area contributed by atoms with Gasteiger partial charge in [0.25, 0.3) is 5.69 Å². The van der Waals surface area contributed by atoms with Crippen LogP contribution in [-0.4, -0.2) is 10.7 Å². The minimum Gasteiger partial charge on any atom is -0.354 e. The molecular formula is C21H14N2O3. The highest BCUT2D eigenvalue weighted by Crippen LogP contribution is 2.38. The smallest absolute Gasteiger partial charge is 0.271 e. The van der Waals surface area contributed by atoms with Crippen LogP contribution in [0, 0.1) is 10.1 Å². The highest BCUT2D eigenvalue weighted by Gasteiger charge is 2.30. The standard InChI is InChI=1S/C21H14N2O3/c24-21-18-12-5-4-11-17(18)20(19(21)14-7-2-1-3-8-14)22-15-9-6-10-16(13-15)23(25)26/h1-13,22H. The molecule has 0 saturated carbocycles. The van der Waals surface area contributed by atoms with Crippen LogP contribution < -0.4 is 5.32 Å². The van der Waals surface area contributed by atoms with E-state index in [4.69, 9.17) is 0 Å². The molecule has 3 aromatic rings. The van der Waals surface area contributed by atoms with E-state index in [-0.39, 0.29) is 11.5 Å². The van der Waals surface area contributed by atoms with Gasteiger partial charge in [-0.05, 0) is 11.6 Å². The van der Waals surface area contributed by atoms with Crippen molar-refractivity contribution in [3.8, 4) is 0 Å². The van der Waals surface area contributed by atoms with Crippen molar-refractivity contribution >= 4 is 28.4 Å². The number of benzene rings is 3. The van der Waals surface area contributed by atoms with Crippen LogP contribution in [-0.2, 0) is 0 Å². The molecule has 0 aliphatic heterocycles. The summed E-state index contributed by atoms with van der Waals surface area (Å²) in [6.07, 6.45) is 0. The molecule has 0 atom stereocenters. The van der Waals surface area contributed by atoms with E-state index in [1.807, 2.05) is 48.5 Å². The lowest BCUT2D eigenvalue weighted by atomic mass is 10.0. The number of carbonyl (C=O) groups excluding carboxylic acids is 1. The van der Waals surface area contributed by atoms with Crippen molar-refractivity contribution in [2.75, 3.05) is 5.32 Å². The SMILES string of the molecule is O=C1C(c2ccccc2)=C(Nc2cccc([N+](=O)[O-])c2)c2ccccc21. The van der Waals surface area contributed by atoms with E-state index in [1.165, 1.54) is 12.1 Å². The van der Waals surface area contributed by atoms with E-state index in [0.717, 1.165) is 11.1 Å². The van der Waals surface area contributed by atoms with E-state index in [1.54, 1.807) is 18.2 Å². The Morgan fingerprint density at radius 2 is 1.50 bits per heavy atom. The lowest BCUT2D eigenvalue weighted by Crippen LogP contribution is -2.01. The molecule has 126 valence electrons. The summed E-state index contributed by atoms with van der Waals surface area (Å²) in [5, 5.41) is 14.3. The summed E-state index contributed by atoms with van der Waals surface area (Å²) in [6, 6.07) is 23.0. The fraction of sp³-hybridized carbons (Fsp3) is 0. The van der Waals surface area contributed by atoms with Crippen LogP contribution in [0.3, 0.4) is 0 Å². The molecule has 0 amide bonds. The van der Waals surface area contributed by atoms with Gasteiger partial charge in [-0.25, -0.2) is 0 Å². The topological polar surface area (TPSA) is 72.2 Å². The van der Waals surface area contributed by atoms with Crippen LogP contribution in [0.15, 0.2) is 78.9 Å². The average Bonchev–Trinajstić information content (AvgIpc) is 2.95. The van der Waals surface area contributed by atoms with Crippen LogP contribution in [0.4, 0.5) is 11.4 Å². The van der Waals surface area contributed by atoms with Crippen molar-refractivity contribution in [2.24, 2.45) is 0 Å². The summed E-state index contributed by atoms with van der Waals surface area (Å²) in [6.45, 7) is 0. The summed E-state index contributed by atoms with van der Waals surface area (Å²) >= 11 is 0. The molecule has 0 bridgehead atoms. The number of nitro groups is 1. The number of rotatable bonds is 4. The molecule has 0 aromatic heterocycles. The van der Waals surface area contributed by atoms with Gasteiger partial charge in [0.2, 0.25) is 0 Å². The second kappa shape index (κ2) is 6.29. The number of hydrogen-bond donors (Lipinski definition) is 1. The van der Waals surface area contributed by atoms with Gasteiger partial charge in [-0.2, -0.15) is 0 Å². The van der Waals surface area contributed by atoms with Crippen LogP contribution >= 0.6 is 0 Å². The second-order valence-electron chi connectivity index (χ2n) is 5.92. The summed E-state index contributed by atoms with van der Waals surface area (Å²) in [7, 11) is 0. The van der Waals surface area contributed by atoms with Crippen molar-refractivity contribution in [3.63, 3.8) is 0 Å². The first-order valence-corrected chi connectivity index (χ1v) is 8.10. The van der Waals surface area contributed by atoms with Gasteiger partial charge in [0.05, 0.1) is 16.2 Å². The minimum absolute atomic E-state index is 0.00512. The molecule has 4 rings (SSSR count). The average molecular weight is 342 g/mol. The summed E-state index contributed by atoms with van der Waals surface area (Å²) < 4.78 is 0. The van der Waals surface area contributed by atoms with Crippen LogP contribution in [0.2, 0.25) is 0 Å². The third kappa shape index (κ3) is 2.65. The van der Waals surface area contributed by atoms with Gasteiger partial charge in [-0.1, -0.05) is 60.7 Å². The first-order chi connectivity index (χ1) is 12.6. The van der Waals surface area contributed by atoms with Crippen LogP contribution in [0.1, 0.15) is 21.5 Å². The van der Waals surface area contributed by atoms with Crippen molar-refractivity contribution in [3.05, 3.63) is 106 Å². The van der Waals surface area contributed by atoms with Crippen LogP contribution in [0.5, 0.6) is 0 Å². The Hall–Kier alpha value is -3.73. The van der Waals surface area contributed by atoms with Gasteiger partial charge in [-0.3, -0.25) is 14.9 Å². The molecule has 1 N–H and O–H groups in total. The number of nitro benzene ring substituents is 1. The van der Waals surface area contributed by atoms with E-state index in [9.17, 15) is 14.9 Å². The fourth-order valence-corrected chi connectivity index (χ4v) is 3.13. The number of ketones is 1. The number of nitrogens with one attached hydrogen (secondary N) is 1. The second-order valence-corrected chi connectivity index (χ2v) is 5.92. The van der Waals surface area contributed by atoms with Crippen molar-refractivity contribution < 1.29 is 9.72 Å². The third-order valence-electron chi connectivity index (χ3n) is 4.31.